The molecule has 0 radical (unpaired) electrons. The lowest BCUT2D eigenvalue weighted by Gasteiger charge is -2.24. The Labute approximate surface area is 77.5 Å². The molecule has 0 heterocycles. The van der Waals surface area contributed by atoms with Crippen LogP contribution in [0, 0.1) is 0 Å². The van der Waals surface area contributed by atoms with E-state index in [0.717, 1.165) is 0 Å². The van der Waals surface area contributed by atoms with E-state index in [0.29, 0.717) is 0 Å². The van der Waals surface area contributed by atoms with Gasteiger partial charge in [-0.3, -0.25) is 0 Å². The third-order valence-corrected chi connectivity index (χ3v) is 2.93. The Morgan fingerprint density at radius 2 is 1.08 bits per heavy atom. The van der Waals surface area contributed by atoms with Crippen molar-refractivity contribution in [1.29, 1.82) is 0 Å². The van der Waals surface area contributed by atoms with Gasteiger partial charge in [0.2, 0.25) is 0 Å². The highest BCUT2D eigenvalue weighted by atomic mass is 32.2. The summed E-state index contributed by atoms with van der Waals surface area (Å²) < 4.78 is 50.3. The molecule has 0 atom stereocenters. The number of hydrogen-bond donors (Lipinski definition) is 0. The summed E-state index contributed by atoms with van der Waals surface area (Å²) in [6, 6.07) is 0. The molecule has 0 aliphatic heterocycles. The summed E-state index contributed by atoms with van der Waals surface area (Å²) in [6.45, 7) is 2.84. The number of thioether (sulfide) groups is 2. The van der Waals surface area contributed by atoms with Crippen molar-refractivity contribution < 1.29 is 17.6 Å². The molecule has 0 saturated heterocycles. The summed E-state index contributed by atoms with van der Waals surface area (Å²) in [6.07, 6.45) is 0. The molecule has 0 rings (SSSR count). The molecule has 0 nitrogen and oxygen atoms in total. The molecule has 0 unspecified atom stereocenters. The van der Waals surface area contributed by atoms with Crippen molar-refractivity contribution in [2.45, 2.75) is 24.4 Å². The Morgan fingerprint density at radius 1 is 0.833 bits per heavy atom. The predicted molar refractivity (Wildman–Crippen MR) is 46.2 cm³/mol. The van der Waals surface area contributed by atoms with E-state index in [2.05, 4.69) is 0 Å². The van der Waals surface area contributed by atoms with Crippen LogP contribution in [0.2, 0.25) is 0 Å². The SMILES string of the molecule is CCSC(F)(F)C(F)(F)SCC. The van der Waals surface area contributed by atoms with Crippen molar-refractivity contribution >= 4 is 23.5 Å². The highest BCUT2D eigenvalue weighted by Crippen LogP contribution is 2.49. The minimum absolute atomic E-state index is 0.0210. The zero-order valence-electron chi connectivity index (χ0n) is 6.74. The van der Waals surface area contributed by atoms with Crippen molar-refractivity contribution in [2.24, 2.45) is 0 Å². The van der Waals surface area contributed by atoms with Crippen LogP contribution in [-0.2, 0) is 0 Å². The summed E-state index contributed by atoms with van der Waals surface area (Å²) in [5, 5.41) is -7.91. The number of rotatable bonds is 5. The Hall–Kier alpha value is 0.420. The quantitative estimate of drug-likeness (QED) is 0.651. The highest BCUT2D eigenvalue weighted by Gasteiger charge is 2.56. The fourth-order valence-electron chi connectivity index (χ4n) is 0.531. The molecular weight excluding hydrogens is 212 g/mol. The van der Waals surface area contributed by atoms with Gasteiger partial charge in [-0.1, -0.05) is 37.4 Å². The predicted octanol–water partition coefficient (Wildman–Crippen LogP) is 3.68. The van der Waals surface area contributed by atoms with Crippen LogP contribution < -0.4 is 0 Å². The van der Waals surface area contributed by atoms with Gasteiger partial charge in [-0.2, -0.15) is 17.6 Å². The van der Waals surface area contributed by atoms with Gasteiger partial charge < -0.3 is 0 Å². The van der Waals surface area contributed by atoms with E-state index in [4.69, 9.17) is 0 Å². The summed E-state index contributed by atoms with van der Waals surface area (Å²) >= 11 is -0.0474. The zero-order chi connectivity index (χ0) is 9.83. The van der Waals surface area contributed by atoms with Crippen LogP contribution in [0.4, 0.5) is 17.6 Å². The molecule has 0 spiro atoms. The minimum Gasteiger partial charge on any atom is -0.186 e. The van der Waals surface area contributed by atoms with Crippen molar-refractivity contribution in [1.82, 2.24) is 0 Å². The second-order valence-electron chi connectivity index (χ2n) is 1.90. The molecule has 0 aromatic carbocycles. The van der Waals surface area contributed by atoms with E-state index in [1.807, 2.05) is 0 Å². The van der Waals surface area contributed by atoms with Crippen molar-refractivity contribution in [3.8, 4) is 0 Å². The fourth-order valence-corrected chi connectivity index (χ4v) is 1.95. The van der Waals surface area contributed by atoms with Crippen LogP contribution in [0.3, 0.4) is 0 Å². The number of halogens is 4. The first-order chi connectivity index (χ1) is 5.37. The molecule has 0 bridgehead atoms. The smallest absolute Gasteiger partial charge is 0.186 e. The number of hydrogen-bond acceptors (Lipinski definition) is 2. The van der Waals surface area contributed by atoms with Gasteiger partial charge in [0, 0.05) is 0 Å². The summed E-state index contributed by atoms with van der Waals surface area (Å²) in [4.78, 5) is 0. The van der Waals surface area contributed by atoms with E-state index >= 15 is 0 Å². The van der Waals surface area contributed by atoms with Gasteiger partial charge in [-0.25, -0.2) is 0 Å². The molecule has 0 saturated carbocycles. The lowest BCUT2D eigenvalue weighted by molar-refractivity contribution is -0.0833. The van der Waals surface area contributed by atoms with Crippen LogP contribution in [0.15, 0.2) is 0 Å². The van der Waals surface area contributed by atoms with Gasteiger partial charge in [-0.15, -0.1) is 0 Å². The van der Waals surface area contributed by atoms with Crippen LogP contribution in [0.5, 0.6) is 0 Å². The number of alkyl halides is 4. The van der Waals surface area contributed by atoms with Crippen LogP contribution >= 0.6 is 23.5 Å². The molecule has 0 aliphatic carbocycles. The van der Waals surface area contributed by atoms with Gasteiger partial charge in [0.15, 0.2) is 0 Å². The van der Waals surface area contributed by atoms with Gasteiger partial charge in [0.25, 0.3) is 0 Å². The lowest BCUT2D eigenvalue weighted by Crippen LogP contribution is -2.34. The summed E-state index contributed by atoms with van der Waals surface area (Å²) in [7, 11) is 0. The maximum atomic E-state index is 12.6. The fraction of sp³-hybridized carbons (Fsp3) is 1.00. The van der Waals surface area contributed by atoms with Gasteiger partial charge in [0.05, 0.1) is 0 Å². The normalized spacial score (nSPS) is 13.5. The molecule has 0 aromatic heterocycles. The second kappa shape index (κ2) is 4.60. The Kier molecular flexibility index (Phi) is 4.76. The third kappa shape index (κ3) is 3.05. The third-order valence-electron chi connectivity index (χ3n) is 0.990. The van der Waals surface area contributed by atoms with E-state index in [9.17, 15) is 17.6 Å². The topological polar surface area (TPSA) is 0 Å². The maximum absolute atomic E-state index is 12.6. The van der Waals surface area contributed by atoms with E-state index in [1.165, 1.54) is 13.8 Å². The Bertz CT molecular complexity index is 122. The van der Waals surface area contributed by atoms with E-state index in [1.54, 1.807) is 0 Å². The molecule has 0 aromatic rings. The molecule has 0 N–H and O–H groups in total. The minimum atomic E-state index is -3.96. The average Bonchev–Trinajstić information content (AvgIpc) is 1.86. The average molecular weight is 222 g/mol. The first kappa shape index (κ1) is 12.4. The van der Waals surface area contributed by atoms with Crippen LogP contribution in [0.1, 0.15) is 13.8 Å². The molecule has 12 heavy (non-hydrogen) atoms. The first-order valence-corrected chi connectivity index (χ1v) is 5.38. The molecule has 6 heteroatoms. The van der Waals surface area contributed by atoms with Crippen molar-refractivity contribution in [3.05, 3.63) is 0 Å². The van der Waals surface area contributed by atoms with Crippen LogP contribution in [-0.4, -0.2) is 22.0 Å². The lowest BCUT2D eigenvalue weighted by atomic mass is 10.7. The molecule has 0 amide bonds. The van der Waals surface area contributed by atoms with E-state index < -0.39 is 10.5 Å². The van der Waals surface area contributed by atoms with Gasteiger partial charge in [0.1, 0.15) is 0 Å². The Balaban J connectivity index is 4.28. The maximum Gasteiger partial charge on any atom is 0.365 e. The molecule has 0 fully saturated rings. The monoisotopic (exact) mass is 222 g/mol. The van der Waals surface area contributed by atoms with Gasteiger partial charge >= 0.3 is 10.5 Å². The summed E-state index contributed by atoms with van der Waals surface area (Å²) in [5.41, 5.74) is 0. The highest BCUT2D eigenvalue weighted by molar-refractivity contribution is 8.04. The van der Waals surface area contributed by atoms with Crippen molar-refractivity contribution in [3.63, 3.8) is 0 Å². The standard InChI is InChI=1S/C6H10F4S2/c1-3-11-5(7,8)6(9,10)12-4-2/h3-4H2,1-2H3. The van der Waals surface area contributed by atoms with Crippen molar-refractivity contribution in [2.75, 3.05) is 11.5 Å². The van der Waals surface area contributed by atoms with Crippen LogP contribution in [0.25, 0.3) is 0 Å². The summed E-state index contributed by atoms with van der Waals surface area (Å²) in [5.74, 6) is -0.0419. The Morgan fingerprint density at radius 3 is 1.25 bits per heavy atom. The zero-order valence-corrected chi connectivity index (χ0v) is 8.38. The van der Waals surface area contributed by atoms with E-state index in [-0.39, 0.29) is 35.0 Å². The largest absolute Gasteiger partial charge is 0.365 e. The molecule has 0 aliphatic rings. The molecular formula is C6H10F4S2. The molecule has 74 valence electrons. The first-order valence-electron chi connectivity index (χ1n) is 3.41. The second-order valence-corrected chi connectivity index (χ2v) is 4.66. The van der Waals surface area contributed by atoms with Gasteiger partial charge in [-0.05, 0) is 11.5 Å².